The Kier molecular flexibility index (Phi) is 3.40. The van der Waals surface area contributed by atoms with Crippen molar-refractivity contribution in [1.82, 2.24) is 0 Å². The highest BCUT2D eigenvalue weighted by atomic mass is 16.5. The second-order valence-electron chi connectivity index (χ2n) is 4.76. The summed E-state index contributed by atoms with van der Waals surface area (Å²) in [7, 11) is 3.14. The number of aromatic hydroxyl groups is 1. The van der Waals surface area contributed by atoms with Crippen molar-refractivity contribution < 1.29 is 14.6 Å². The summed E-state index contributed by atoms with van der Waals surface area (Å²) in [6, 6.07) is 17.7. The minimum atomic E-state index is 0.132. The van der Waals surface area contributed by atoms with Crippen LogP contribution in [0.5, 0.6) is 17.2 Å². The second-order valence-corrected chi connectivity index (χ2v) is 4.76. The monoisotopic (exact) mass is 280 g/mol. The Balaban J connectivity index is 2.26. The molecular weight excluding hydrogens is 264 g/mol. The molecule has 0 bridgehead atoms. The Hall–Kier alpha value is -2.68. The molecular formula is C18H16O3. The molecule has 3 aromatic rings. The number of hydrogen-bond acceptors (Lipinski definition) is 3. The van der Waals surface area contributed by atoms with Gasteiger partial charge >= 0.3 is 0 Å². The fourth-order valence-electron chi connectivity index (χ4n) is 2.49. The molecule has 3 nitrogen and oxygen atoms in total. The van der Waals surface area contributed by atoms with E-state index in [1.165, 1.54) is 7.11 Å². The molecule has 3 rings (SSSR count). The van der Waals surface area contributed by atoms with Crippen molar-refractivity contribution in [3.8, 4) is 28.4 Å². The first-order chi connectivity index (χ1) is 10.2. The minimum absolute atomic E-state index is 0.132. The largest absolute Gasteiger partial charge is 0.504 e. The van der Waals surface area contributed by atoms with E-state index in [-0.39, 0.29) is 5.75 Å². The molecule has 0 amide bonds. The lowest BCUT2D eigenvalue weighted by Crippen LogP contribution is -1.90. The summed E-state index contributed by atoms with van der Waals surface area (Å²) in [4.78, 5) is 0. The van der Waals surface area contributed by atoms with Crippen LogP contribution in [0.15, 0.2) is 54.6 Å². The maximum absolute atomic E-state index is 10.3. The highest BCUT2D eigenvalue weighted by Gasteiger charge is 2.13. The fourth-order valence-corrected chi connectivity index (χ4v) is 2.49. The number of hydrogen-bond donors (Lipinski definition) is 1. The van der Waals surface area contributed by atoms with Gasteiger partial charge in [0.2, 0.25) is 0 Å². The Morgan fingerprint density at radius 3 is 2.10 bits per heavy atom. The zero-order valence-corrected chi connectivity index (χ0v) is 12.0. The highest BCUT2D eigenvalue weighted by Crippen LogP contribution is 2.41. The van der Waals surface area contributed by atoms with Gasteiger partial charge in [0.1, 0.15) is 5.75 Å². The Labute approximate surface area is 123 Å². The number of phenolic OH excluding ortho intramolecular Hbond substituents is 1. The van der Waals surface area contributed by atoms with Gasteiger partial charge in [0.15, 0.2) is 11.5 Å². The molecule has 3 heteroatoms. The van der Waals surface area contributed by atoms with Gasteiger partial charge < -0.3 is 14.6 Å². The van der Waals surface area contributed by atoms with Crippen LogP contribution in [0.1, 0.15) is 0 Å². The smallest absolute Gasteiger partial charge is 0.165 e. The van der Waals surface area contributed by atoms with Crippen LogP contribution in [-0.2, 0) is 0 Å². The van der Waals surface area contributed by atoms with Crippen molar-refractivity contribution in [3.05, 3.63) is 54.6 Å². The molecule has 0 saturated carbocycles. The van der Waals surface area contributed by atoms with E-state index in [9.17, 15) is 5.11 Å². The van der Waals surface area contributed by atoms with Crippen LogP contribution in [-0.4, -0.2) is 19.3 Å². The number of rotatable bonds is 3. The SMILES string of the molecule is COc1cc(OC)c2cc(-c3ccccc3)ccc2c1O. The van der Waals surface area contributed by atoms with Crippen molar-refractivity contribution >= 4 is 10.8 Å². The first-order valence-electron chi connectivity index (χ1n) is 6.67. The molecule has 106 valence electrons. The van der Waals surface area contributed by atoms with E-state index < -0.39 is 0 Å². The predicted octanol–water partition coefficient (Wildman–Crippen LogP) is 4.23. The summed E-state index contributed by atoms with van der Waals surface area (Å²) in [5, 5.41) is 11.8. The van der Waals surface area contributed by atoms with Crippen LogP contribution in [0.2, 0.25) is 0 Å². The van der Waals surface area contributed by atoms with E-state index >= 15 is 0 Å². The highest BCUT2D eigenvalue weighted by molar-refractivity contribution is 5.97. The molecule has 0 aliphatic carbocycles. The second kappa shape index (κ2) is 5.37. The molecule has 0 radical (unpaired) electrons. The molecule has 0 fully saturated rings. The quantitative estimate of drug-likeness (QED) is 0.780. The molecule has 0 heterocycles. The molecule has 0 aliphatic rings. The standard InChI is InChI=1S/C18H16O3/c1-20-16-11-17(21-2)18(19)14-9-8-13(10-15(14)16)12-6-4-3-5-7-12/h3-11,19H,1-2H3. The molecule has 0 unspecified atom stereocenters. The molecule has 0 saturated heterocycles. The third-order valence-electron chi connectivity index (χ3n) is 3.58. The predicted molar refractivity (Wildman–Crippen MR) is 84.2 cm³/mol. The summed E-state index contributed by atoms with van der Waals surface area (Å²) in [5.74, 6) is 1.22. The van der Waals surface area contributed by atoms with E-state index in [1.54, 1.807) is 13.2 Å². The van der Waals surface area contributed by atoms with E-state index in [4.69, 9.17) is 9.47 Å². The van der Waals surface area contributed by atoms with Crippen molar-refractivity contribution in [2.75, 3.05) is 14.2 Å². The Bertz CT molecular complexity index is 779. The molecule has 3 aromatic carbocycles. The number of benzene rings is 3. The van der Waals surface area contributed by atoms with E-state index in [0.717, 1.165) is 16.5 Å². The maximum Gasteiger partial charge on any atom is 0.165 e. The van der Waals surface area contributed by atoms with Gasteiger partial charge in [-0.05, 0) is 23.3 Å². The van der Waals surface area contributed by atoms with Crippen molar-refractivity contribution in [2.24, 2.45) is 0 Å². The summed E-state index contributed by atoms with van der Waals surface area (Å²) >= 11 is 0. The van der Waals surface area contributed by atoms with Gasteiger partial charge in [-0.3, -0.25) is 0 Å². The van der Waals surface area contributed by atoms with Crippen molar-refractivity contribution in [1.29, 1.82) is 0 Å². The van der Waals surface area contributed by atoms with E-state index in [0.29, 0.717) is 16.9 Å². The summed E-state index contributed by atoms with van der Waals surface area (Å²) in [6.07, 6.45) is 0. The van der Waals surface area contributed by atoms with Crippen LogP contribution >= 0.6 is 0 Å². The van der Waals surface area contributed by atoms with Gasteiger partial charge in [0.25, 0.3) is 0 Å². The van der Waals surface area contributed by atoms with Crippen LogP contribution in [0.3, 0.4) is 0 Å². The molecule has 0 atom stereocenters. The maximum atomic E-state index is 10.3. The van der Waals surface area contributed by atoms with Crippen LogP contribution < -0.4 is 9.47 Å². The molecule has 0 aromatic heterocycles. The van der Waals surface area contributed by atoms with E-state index in [1.807, 2.05) is 36.4 Å². The Morgan fingerprint density at radius 1 is 0.714 bits per heavy atom. The van der Waals surface area contributed by atoms with E-state index in [2.05, 4.69) is 12.1 Å². The van der Waals surface area contributed by atoms with Gasteiger partial charge in [0.05, 0.1) is 14.2 Å². The first-order valence-corrected chi connectivity index (χ1v) is 6.67. The third kappa shape index (κ3) is 2.27. The third-order valence-corrected chi connectivity index (χ3v) is 3.58. The summed E-state index contributed by atoms with van der Waals surface area (Å²) in [5.41, 5.74) is 2.20. The van der Waals surface area contributed by atoms with Crippen LogP contribution in [0, 0.1) is 0 Å². The summed E-state index contributed by atoms with van der Waals surface area (Å²) < 4.78 is 10.6. The first kappa shape index (κ1) is 13.3. The lowest BCUT2D eigenvalue weighted by molar-refractivity contribution is 0.369. The fraction of sp³-hybridized carbons (Fsp3) is 0.111. The van der Waals surface area contributed by atoms with Crippen molar-refractivity contribution in [2.45, 2.75) is 0 Å². The Morgan fingerprint density at radius 2 is 1.43 bits per heavy atom. The molecule has 0 aliphatic heterocycles. The van der Waals surface area contributed by atoms with Crippen molar-refractivity contribution in [3.63, 3.8) is 0 Å². The average Bonchev–Trinajstić information content (AvgIpc) is 2.56. The van der Waals surface area contributed by atoms with Gasteiger partial charge in [-0.1, -0.05) is 36.4 Å². The lowest BCUT2D eigenvalue weighted by atomic mass is 10.00. The van der Waals surface area contributed by atoms with Gasteiger partial charge in [-0.2, -0.15) is 0 Å². The molecule has 1 N–H and O–H groups in total. The summed E-state index contributed by atoms with van der Waals surface area (Å²) in [6.45, 7) is 0. The normalized spacial score (nSPS) is 10.6. The zero-order valence-electron chi connectivity index (χ0n) is 12.0. The number of methoxy groups -OCH3 is 2. The van der Waals surface area contributed by atoms with Crippen LogP contribution in [0.4, 0.5) is 0 Å². The minimum Gasteiger partial charge on any atom is -0.504 e. The molecule has 0 spiro atoms. The molecule has 21 heavy (non-hydrogen) atoms. The van der Waals surface area contributed by atoms with Gasteiger partial charge in [0, 0.05) is 16.8 Å². The number of ether oxygens (including phenoxy) is 2. The lowest BCUT2D eigenvalue weighted by Gasteiger charge is -2.12. The zero-order chi connectivity index (χ0) is 14.8. The van der Waals surface area contributed by atoms with Gasteiger partial charge in [-0.15, -0.1) is 0 Å². The van der Waals surface area contributed by atoms with Gasteiger partial charge in [-0.25, -0.2) is 0 Å². The van der Waals surface area contributed by atoms with Crippen LogP contribution in [0.25, 0.3) is 21.9 Å². The number of phenols is 1. The average molecular weight is 280 g/mol. The number of fused-ring (bicyclic) bond motifs is 1. The topological polar surface area (TPSA) is 38.7 Å².